The second-order valence-corrected chi connectivity index (χ2v) is 3.83. The molecular formula is C13H17NO. The van der Waals surface area contributed by atoms with Gasteiger partial charge >= 0.3 is 0 Å². The molecule has 15 heavy (non-hydrogen) atoms. The number of hydrogen-bond acceptors (Lipinski definition) is 2. The van der Waals surface area contributed by atoms with Crippen LogP contribution in [-0.2, 0) is 0 Å². The van der Waals surface area contributed by atoms with E-state index < -0.39 is 0 Å². The third-order valence-electron chi connectivity index (χ3n) is 2.77. The summed E-state index contributed by atoms with van der Waals surface area (Å²) < 4.78 is 0. The van der Waals surface area contributed by atoms with Crippen molar-refractivity contribution >= 4 is 0 Å². The molecule has 1 aliphatic heterocycles. The van der Waals surface area contributed by atoms with Crippen molar-refractivity contribution < 1.29 is 5.11 Å². The first kappa shape index (κ1) is 10.2. The van der Waals surface area contributed by atoms with Crippen molar-refractivity contribution in [3.63, 3.8) is 0 Å². The Hall–Kier alpha value is -1.28. The van der Waals surface area contributed by atoms with E-state index in [4.69, 9.17) is 5.11 Å². The van der Waals surface area contributed by atoms with Crippen molar-refractivity contribution in [1.82, 2.24) is 4.90 Å². The molecule has 2 nitrogen and oxygen atoms in total. The van der Waals surface area contributed by atoms with E-state index in [0.29, 0.717) is 0 Å². The van der Waals surface area contributed by atoms with Crippen LogP contribution >= 0.6 is 0 Å². The molecule has 2 aliphatic rings. The largest absolute Gasteiger partial charge is 0.395 e. The quantitative estimate of drug-likeness (QED) is 0.709. The Morgan fingerprint density at radius 3 is 2.80 bits per heavy atom. The fourth-order valence-electron chi connectivity index (χ4n) is 1.90. The molecule has 0 aromatic carbocycles. The van der Waals surface area contributed by atoms with Crippen molar-refractivity contribution in [2.75, 3.05) is 19.7 Å². The standard InChI is InChI=1S/C13H17NO/c15-11-10-14-8-6-13(7-9-14)12-4-2-1-3-5-12/h1-2,5-8,15H,3-4,9-11H2. The second-order valence-electron chi connectivity index (χ2n) is 3.83. The summed E-state index contributed by atoms with van der Waals surface area (Å²) in [5.74, 6) is 0. The molecule has 0 atom stereocenters. The predicted molar refractivity (Wildman–Crippen MR) is 62.3 cm³/mol. The summed E-state index contributed by atoms with van der Waals surface area (Å²) >= 11 is 0. The van der Waals surface area contributed by atoms with Gasteiger partial charge in [-0.25, -0.2) is 0 Å². The molecule has 0 aromatic rings. The minimum Gasteiger partial charge on any atom is -0.395 e. The van der Waals surface area contributed by atoms with Crippen LogP contribution in [-0.4, -0.2) is 29.7 Å². The van der Waals surface area contributed by atoms with Crippen LogP contribution in [0.2, 0.25) is 0 Å². The van der Waals surface area contributed by atoms with Crippen LogP contribution < -0.4 is 0 Å². The van der Waals surface area contributed by atoms with E-state index in [-0.39, 0.29) is 6.61 Å². The van der Waals surface area contributed by atoms with E-state index >= 15 is 0 Å². The van der Waals surface area contributed by atoms with Crippen LogP contribution in [0.4, 0.5) is 0 Å². The summed E-state index contributed by atoms with van der Waals surface area (Å²) in [6, 6.07) is 0. The highest BCUT2D eigenvalue weighted by Gasteiger charge is 2.08. The zero-order valence-corrected chi connectivity index (χ0v) is 8.89. The lowest BCUT2D eigenvalue weighted by Crippen LogP contribution is -2.23. The molecule has 0 unspecified atom stereocenters. The van der Waals surface area contributed by atoms with E-state index in [1.54, 1.807) is 0 Å². The smallest absolute Gasteiger partial charge is 0.0606 e. The first-order chi connectivity index (χ1) is 7.40. The van der Waals surface area contributed by atoms with E-state index in [9.17, 15) is 0 Å². The normalized spacial score (nSPS) is 20.2. The lowest BCUT2D eigenvalue weighted by Gasteiger charge is -2.22. The summed E-state index contributed by atoms with van der Waals surface area (Å²) in [5, 5.41) is 8.82. The van der Waals surface area contributed by atoms with Gasteiger partial charge in [0.25, 0.3) is 0 Å². The van der Waals surface area contributed by atoms with Gasteiger partial charge in [-0.3, -0.25) is 0 Å². The maximum Gasteiger partial charge on any atom is 0.0606 e. The van der Waals surface area contributed by atoms with Gasteiger partial charge in [-0.1, -0.05) is 24.3 Å². The molecule has 80 valence electrons. The molecule has 0 bridgehead atoms. The molecule has 0 aromatic heterocycles. The number of aliphatic hydroxyl groups is 1. The summed E-state index contributed by atoms with van der Waals surface area (Å²) in [7, 11) is 0. The summed E-state index contributed by atoms with van der Waals surface area (Å²) in [6.07, 6.45) is 15.3. The minimum atomic E-state index is 0.221. The van der Waals surface area contributed by atoms with Gasteiger partial charge in [0.1, 0.15) is 0 Å². The first-order valence-electron chi connectivity index (χ1n) is 5.48. The van der Waals surface area contributed by atoms with Gasteiger partial charge in [-0.15, -0.1) is 0 Å². The summed E-state index contributed by atoms with van der Waals surface area (Å²) in [5.41, 5.74) is 2.77. The molecule has 0 saturated carbocycles. The first-order valence-corrected chi connectivity index (χ1v) is 5.48. The van der Waals surface area contributed by atoms with Gasteiger partial charge in [-0.05, 0) is 30.1 Å². The Bertz CT molecular complexity index is 336. The van der Waals surface area contributed by atoms with Crippen molar-refractivity contribution in [3.05, 3.63) is 47.7 Å². The van der Waals surface area contributed by atoms with Crippen LogP contribution in [0.5, 0.6) is 0 Å². The van der Waals surface area contributed by atoms with Crippen molar-refractivity contribution in [2.45, 2.75) is 12.8 Å². The molecule has 2 heteroatoms. The van der Waals surface area contributed by atoms with Gasteiger partial charge in [0.05, 0.1) is 6.61 Å². The Morgan fingerprint density at radius 2 is 2.20 bits per heavy atom. The molecule has 0 saturated heterocycles. The lowest BCUT2D eigenvalue weighted by molar-refractivity contribution is 0.244. The van der Waals surface area contributed by atoms with Crippen molar-refractivity contribution in [2.24, 2.45) is 0 Å². The highest BCUT2D eigenvalue weighted by atomic mass is 16.3. The van der Waals surface area contributed by atoms with Crippen LogP contribution in [0, 0.1) is 0 Å². The monoisotopic (exact) mass is 203 g/mol. The maximum absolute atomic E-state index is 8.82. The molecule has 1 heterocycles. The molecule has 0 amide bonds. The Kier molecular flexibility index (Phi) is 3.41. The number of allylic oxidation sites excluding steroid dienone is 6. The van der Waals surface area contributed by atoms with Gasteiger partial charge in [0.15, 0.2) is 0 Å². The van der Waals surface area contributed by atoms with Crippen LogP contribution in [0.15, 0.2) is 47.7 Å². The average Bonchev–Trinajstić information content (AvgIpc) is 2.32. The summed E-state index contributed by atoms with van der Waals surface area (Å²) in [4.78, 5) is 2.11. The summed E-state index contributed by atoms with van der Waals surface area (Å²) in [6.45, 7) is 1.85. The third kappa shape index (κ3) is 2.60. The highest BCUT2D eigenvalue weighted by molar-refractivity contribution is 5.43. The Labute approximate surface area is 90.9 Å². The van der Waals surface area contributed by atoms with Crippen LogP contribution in [0.25, 0.3) is 0 Å². The van der Waals surface area contributed by atoms with E-state index in [0.717, 1.165) is 25.9 Å². The Morgan fingerprint density at radius 1 is 1.27 bits per heavy atom. The van der Waals surface area contributed by atoms with E-state index in [1.807, 2.05) is 0 Å². The van der Waals surface area contributed by atoms with Gasteiger partial charge in [0, 0.05) is 19.3 Å². The number of rotatable bonds is 3. The third-order valence-corrected chi connectivity index (χ3v) is 2.77. The number of hydrogen-bond donors (Lipinski definition) is 1. The van der Waals surface area contributed by atoms with Crippen molar-refractivity contribution in [1.29, 1.82) is 0 Å². The number of β-amino-alcohol motifs (C(OH)–C–C–N with tert-alkyl or cyclic N) is 1. The molecule has 0 fully saturated rings. The maximum atomic E-state index is 8.82. The molecular weight excluding hydrogens is 186 g/mol. The molecule has 1 N–H and O–H groups in total. The zero-order chi connectivity index (χ0) is 10.5. The SMILES string of the molecule is OCCN1C=CC(C2=CCC=CC2)=CC1. The van der Waals surface area contributed by atoms with Crippen LogP contribution in [0.3, 0.4) is 0 Å². The van der Waals surface area contributed by atoms with Gasteiger partial charge in [-0.2, -0.15) is 0 Å². The van der Waals surface area contributed by atoms with Crippen molar-refractivity contribution in [3.8, 4) is 0 Å². The molecule has 0 radical (unpaired) electrons. The number of aliphatic hydroxyl groups excluding tert-OH is 1. The number of nitrogens with zero attached hydrogens (tertiary/aromatic N) is 1. The minimum absolute atomic E-state index is 0.221. The van der Waals surface area contributed by atoms with Crippen LogP contribution in [0.1, 0.15) is 12.8 Å². The predicted octanol–water partition coefficient (Wildman–Crippen LogP) is 2.01. The fraction of sp³-hybridized carbons (Fsp3) is 0.385. The highest BCUT2D eigenvalue weighted by Crippen LogP contribution is 2.22. The van der Waals surface area contributed by atoms with Gasteiger partial charge < -0.3 is 10.0 Å². The van der Waals surface area contributed by atoms with E-state index in [2.05, 4.69) is 41.5 Å². The van der Waals surface area contributed by atoms with Gasteiger partial charge in [0.2, 0.25) is 0 Å². The fourth-order valence-corrected chi connectivity index (χ4v) is 1.90. The van der Waals surface area contributed by atoms with E-state index in [1.165, 1.54) is 11.1 Å². The zero-order valence-electron chi connectivity index (χ0n) is 8.89. The average molecular weight is 203 g/mol. The Balaban J connectivity index is 1.96. The second kappa shape index (κ2) is 4.99. The molecule has 1 aliphatic carbocycles. The molecule has 0 spiro atoms. The topological polar surface area (TPSA) is 23.5 Å². The lowest BCUT2D eigenvalue weighted by atomic mass is 9.96. The molecule has 2 rings (SSSR count).